The fourth-order valence-corrected chi connectivity index (χ4v) is 4.98. The van der Waals surface area contributed by atoms with Crippen LogP contribution in [0.2, 0.25) is 0 Å². The molecule has 176 valence electrons. The Hall–Kier alpha value is -0.990. The van der Waals surface area contributed by atoms with Gasteiger partial charge in [0.15, 0.2) is 0 Å². The lowest BCUT2D eigenvalue weighted by atomic mass is 9.66. The maximum Gasteiger partial charge on any atom is 0.142 e. The van der Waals surface area contributed by atoms with E-state index in [2.05, 4.69) is 20.8 Å². The van der Waals surface area contributed by atoms with Crippen molar-refractivity contribution in [3.63, 3.8) is 0 Å². The van der Waals surface area contributed by atoms with E-state index in [1.54, 1.807) is 0 Å². The van der Waals surface area contributed by atoms with Crippen LogP contribution >= 0.6 is 0 Å². The first-order valence-electron chi connectivity index (χ1n) is 12.7. The fraction of sp³-hybridized carbons (Fsp3) is 0.889. The SMILES string of the molecule is CCCCCCCCCCCCCC(C)C(=O)C(CC(C)=O)(CC(C)=O)CC(C)C. The zero-order valence-electron chi connectivity index (χ0n) is 21.0. The van der Waals surface area contributed by atoms with E-state index in [0.717, 1.165) is 12.8 Å². The van der Waals surface area contributed by atoms with Gasteiger partial charge in [0.05, 0.1) is 0 Å². The van der Waals surface area contributed by atoms with E-state index < -0.39 is 5.41 Å². The second-order valence-corrected chi connectivity index (χ2v) is 10.2. The van der Waals surface area contributed by atoms with Gasteiger partial charge in [-0.1, -0.05) is 98.3 Å². The number of Topliss-reactive ketones (excluding diaryl/α,β-unsaturated/α-hetero) is 3. The second kappa shape index (κ2) is 16.7. The highest BCUT2D eigenvalue weighted by atomic mass is 16.1. The van der Waals surface area contributed by atoms with Crippen LogP contribution in [0.3, 0.4) is 0 Å². The van der Waals surface area contributed by atoms with Crippen molar-refractivity contribution >= 4 is 17.3 Å². The second-order valence-electron chi connectivity index (χ2n) is 10.2. The Bertz CT molecular complexity index is 476. The van der Waals surface area contributed by atoms with Crippen LogP contribution in [0.25, 0.3) is 0 Å². The average Bonchev–Trinajstić information content (AvgIpc) is 2.63. The van der Waals surface area contributed by atoms with Gasteiger partial charge in [-0.2, -0.15) is 0 Å². The normalized spacial score (nSPS) is 12.9. The van der Waals surface area contributed by atoms with Gasteiger partial charge in [0.1, 0.15) is 17.3 Å². The third kappa shape index (κ3) is 13.3. The summed E-state index contributed by atoms with van der Waals surface area (Å²) in [6.07, 6.45) is 16.1. The first-order chi connectivity index (χ1) is 14.1. The minimum atomic E-state index is -0.803. The Balaban J connectivity index is 4.43. The molecule has 0 heterocycles. The van der Waals surface area contributed by atoms with E-state index in [9.17, 15) is 14.4 Å². The molecule has 3 nitrogen and oxygen atoms in total. The van der Waals surface area contributed by atoms with E-state index in [-0.39, 0.29) is 42.0 Å². The lowest BCUT2D eigenvalue weighted by Crippen LogP contribution is -2.40. The molecule has 0 saturated heterocycles. The Morgan fingerprint density at radius 2 is 1.07 bits per heavy atom. The summed E-state index contributed by atoms with van der Waals surface area (Å²) in [5.41, 5.74) is -0.803. The molecular formula is C27H50O3. The van der Waals surface area contributed by atoms with E-state index in [1.165, 1.54) is 78.1 Å². The summed E-state index contributed by atoms with van der Waals surface area (Å²) in [5, 5.41) is 0. The highest BCUT2D eigenvalue weighted by Gasteiger charge is 2.42. The van der Waals surface area contributed by atoms with Gasteiger partial charge in [0.25, 0.3) is 0 Å². The molecular weight excluding hydrogens is 372 g/mol. The van der Waals surface area contributed by atoms with Crippen molar-refractivity contribution in [1.82, 2.24) is 0 Å². The summed E-state index contributed by atoms with van der Waals surface area (Å²) in [5.74, 6) is 0.343. The molecule has 0 spiro atoms. The van der Waals surface area contributed by atoms with Gasteiger partial charge in [-0.3, -0.25) is 14.4 Å². The molecule has 1 atom stereocenters. The van der Waals surface area contributed by atoms with Gasteiger partial charge < -0.3 is 0 Å². The standard InChI is InChI=1S/C27H50O3/c1-7-8-9-10-11-12-13-14-15-16-17-18-23(4)26(30)27(19-22(2)3,20-24(5)28)21-25(6)29/h22-23H,7-21H2,1-6H3. The molecule has 0 aromatic heterocycles. The van der Waals surface area contributed by atoms with Crippen molar-refractivity contribution in [2.24, 2.45) is 17.3 Å². The summed E-state index contributed by atoms with van der Waals surface area (Å²) >= 11 is 0. The molecule has 0 fully saturated rings. The number of hydrogen-bond donors (Lipinski definition) is 0. The summed E-state index contributed by atoms with van der Waals surface area (Å²) in [6, 6.07) is 0. The molecule has 30 heavy (non-hydrogen) atoms. The number of rotatable bonds is 20. The Kier molecular flexibility index (Phi) is 16.1. The molecule has 0 N–H and O–H groups in total. The van der Waals surface area contributed by atoms with Crippen LogP contribution in [0.1, 0.15) is 138 Å². The molecule has 0 aliphatic carbocycles. The van der Waals surface area contributed by atoms with Crippen LogP contribution in [0.15, 0.2) is 0 Å². The predicted octanol–water partition coefficient (Wildman–Crippen LogP) is 7.88. The highest BCUT2D eigenvalue weighted by Crippen LogP contribution is 2.39. The first-order valence-corrected chi connectivity index (χ1v) is 12.7. The lowest BCUT2D eigenvalue weighted by molar-refractivity contribution is -0.141. The fourth-order valence-electron chi connectivity index (χ4n) is 4.98. The smallest absolute Gasteiger partial charge is 0.142 e. The van der Waals surface area contributed by atoms with Crippen molar-refractivity contribution in [2.45, 2.75) is 138 Å². The van der Waals surface area contributed by atoms with Crippen LogP contribution in [0.5, 0.6) is 0 Å². The lowest BCUT2D eigenvalue weighted by Gasteiger charge is -2.35. The van der Waals surface area contributed by atoms with Crippen LogP contribution < -0.4 is 0 Å². The molecule has 0 aromatic rings. The van der Waals surface area contributed by atoms with Gasteiger partial charge in [0.2, 0.25) is 0 Å². The summed E-state index contributed by atoms with van der Waals surface area (Å²) in [6.45, 7) is 11.5. The van der Waals surface area contributed by atoms with E-state index >= 15 is 0 Å². The van der Waals surface area contributed by atoms with Crippen molar-refractivity contribution in [3.05, 3.63) is 0 Å². The topological polar surface area (TPSA) is 51.2 Å². The largest absolute Gasteiger partial charge is 0.300 e. The number of unbranched alkanes of at least 4 members (excludes halogenated alkanes) is 10. The van der Waals surface area contributed by atoms with Crippen molar-refractivity contribution in [1.29, 1.82) is 0 Å². The maximum absolute atomic E-state index is 13.4. The summed E-state index contributed by atoms with van der Waals surface area (Å²) < 4.78 is 0. The highest BCUT2D eigenvalue weighted by molar-refractivity contribution is 5.95. The number of carbonyl (C=O) groups is 3. The molecule has 0 aliphatic heterocycles. The Morgan fingerprint density at radius 3 is 1.43 bits per heavy atom. The molecule has 0 rings (SSSR count). The summed E-state index contributed by atoms with van der Waals surface area (Å²) in [7, 11) is 0. The molecule has 0 saturated carbocycles. The monoisotopic (exact) mass is 422 g/mol. The molecule has 0 bridgehead atoms. The van der Waals surface area contributed by atoms with Gasteiger partial charge in [-0.25, -0.2) is 0 Å². The van der Waals surface area contributed by atoms with Crippen LogP contribution in [-0.4, -0.2) is 17.3 Å². The third-order valence-electron chi connectivity index (χ3n) is 6.18. The van der Waals surface area contributed by atoms with Gasteiger partial charge >= 0.3 is 0 Å². The number of carbonyl (C=O) groups excluding carboxylic acids is 3. The number of ketones is 3. The quantitative estimate of drug-likeness (QED) is 0.187. The van der Waals surface area contributed by atoms with Crippen LogP contribution in [0.4, 0.5) is 0 Å². The molecule has 1 unspecified atom stereocenters. The Morgan fingerprint density at radius 1 is 0.667 bits per heavy atom. The maximum atomic E-state index is 13.4. The first kappa shape index (κ1) is 29.0. The van der Waals surface area contributed by atoms with E-state index in [4.69, 9.17) is 0 Å². The van der Waals surface area contributed by atoms with Crippen molar-refractivity contribution in [3.8, 4) is 0 Å². The van der Waals surface area contributed by atoms with Crippen LogP contribution in [0, 0.1) is 17.3 Å². The predicted molar refractivity (Wildman–Crippen MR) is 128 cm³/mol. The molecule has 0 radical (unpaired) electrons. The van der Waals surface area contributed by atoms with Crippen molar-refractivity contribution in [2.75, 3.05) is 0 Å². The van der Waals surface area contributed by atoms with Gasteiger partial charge in [-0.05, 0) is 32.6 Å². The minimum absolute atomic E-state index is 0.00661. The number of hydrogen-bond acceptors (Lipinski definition) is 3. The molecule has 0 amide bonds. The van der Waals surface area contributed by atoms with Gasteiger partial charge in [0, 0.05) is 24.2 Å². The summed E-state index contributed by atoms with van der Waals surface area (Å²) in [4.78, 5) is 37.3. The zero-order chi connectivity index (χ0) is 23.0. The van der Waals surface area contributed by atoms with Crippen LogP contribution in [-0.2, 0) is 14.4 Å². The molecule has 3 heteroatoms. The third-order valence-corrected chi connectivity index (χ3v) is 6.18. The van der Waals surface area contributed by atoms with Crippen molar-refractivity contribution < 1.29 is 14.4 Å². The minimum Gasteiger partial charge on any atom is -0.300 e. The zero-order valence-corrected chi connectivity index (χ0v) is 21.0. The Labute approximate surface area is 187 Å². The molecule has 0 aromatic carbocycles. The van der Waals surface area contributed by atoms with E-state index in [1.807, 2.05) is 6.92 Å². The van der Waals surface area contributed by atoms with Gasteiger partial charge in [-0.15, -0.1) is 0 Å². The molecule has 0 aliphatic rings. The van der Waals surface area contributed by atoms with E-state index in [0.29, 0.717) is 6.42 Å². The average molecular weight is 423 g/mol.